The van der Waals surface area contributed by atoms with Crippen molar-refractivity contribution in [1.82, 2.24) is 14.8 Å². The number of fused-ring (bicyclic) bond motifs is 4. The van der Waals surface area contributed by atoms with Gasteiger partial charge in [-0.3, -0.25) is 9.59 Å². The average Bonchev–Trinajstić information content (AvgIpc) is 3.19. The molecule has 0 aliphatic carbocycles. The van der Waals surface area contributed by atoms with Crippen LogP contribution in [0.5, 0.6) is 5.75 Å². The second kappa shape index (κ2) is 8.56. The molecule has 3 heterocycles. The highest BCUT2D eigenvalue weighted by Crippen LogP contribution is 2.43. The number of carbonyl (C=O) groups excluding carboxylic acids is 2. The number of ether oxygens (including phenoxy) is 1. The fraction of sp³-hybridized carbons (Fsp3) is 0.385. The fourth-order valence-corrected chi connectivity index (χ4v) is 5.29. The van der Waals surface area contributed by atoms with Gasteiger partial charge in [0.15, 0.2) is 0 Å². The third kappa shape index (κ3) is 3.76. The standard InChI is InChI=1S/C26H30N4O3/c1-28(2)12-7-13-29-16-23(31)30-22(26(29)32)15-20-19-10-4-5-11-21(19)27-24(20)25(30)17-8-6-9-18(14-17)33-3/h4-6,8-11,14,22,25,27H,7,12-13,15-16H2,1-3H3/p+1/t22-,25-/m0/s1. The number of benzene rings is 2. The Hall–Kier alpha value is -3.32. The minimum atomic E-state index is -0.499. The predicted octanol–water partition coefficient (Wildman–Crippen LogP) is 1.40. The second-order valence-electron chi connectivity index (χ2n) is 9.33. The van der Waals surface area contributed by atoms with Gasteiger partial charge in [0.05, 0.1) is 40.3 Å². The minimum absolute atomic E-state index is 0.00562. The summed E-state index contributed by atoms with van der Waals surface area (Å²) in [6, 6.07) is 15.1. The third-order valence-electron chi connectivity index (χ3n) is 6.86. The summed E-state index contributed by atoms with van der Waals surface area (Å²) in [6.45, 7) is 1.71. The van der Waals surface area contributed by atoms with Gasteiger partial charge in [0.25, 0.3) is 0 Å². The zero-order valence-corrected chi connectivity index (χ0v) is 19.4. The molecule has 0 radical (unpaired) electrons. The number of piperazine rings is 1. The summed E-state index contributed by atoms with van der Waals surface area (Å²) < 4.78 is 5.47. The Labute approximate surface area is 193 Å². The van der Waals surface area contributed by atoms with Crippen LogP contribution in [-0.2, 0) is 16.0 Å². The Morgan fingerprint density at radius 3 is 2.73 bits per heavy atom. The molecule has 2 aliphatic rings. The number of nitrogens with one attached hydrogen (secondary N) is 2. The number of rotatable bonds is 6. The van der Waals surface area contributed by atoms with Gasteiger partial charge in [-0.25, -0.2) is 0 Å². The first kappa shape index (κ1) is 21.5. The number of methoxy groups -OCH3 is 1. The fourth-order valence-electron chi connectivity index (χ4n) is 5.29. The summed E-state index contributed by atoms with van der Waals surface area (Å²) in [5.41, 5.74) is 4.09. The molecular weight excluding hydrogens is 416 g/mol. The average molecular weight is 448 g/mol. The molecule has 2 amide bonds. The molecule has 0 unspecified atom stereocenters. The van der Waals surface area contributed by atoms with E-state index in [2.05, 4.69) is 31.2 Å². The Bertz CT molecular complexity index is 1200. The van der Waals surface area contributed by atoms with Gasteiger partial charge >= 0.3 is 0 Å². The molecule has 2 aliphatic heterocycles. The molecule has 0 saturated carbocycles. The van der Waals surface area contributed by atoms with E-state index in [0.717, 1.165) is 46.4 Å². The minimum Gasteiger partial charge on any atom is -0.497 e. The summed E-state index contributed by atoms with van der Waals surface area (Å²) >= 11 is 0. The number of quaternary nitrogens is 1. The van der Waals surface area contributed by atoms with Crippen molar-refractivity contribution in [2.75, 3.05) is 40.8 Å². The van der Waals surface area contributed by atoms with E-state index < -0.39 is 6.04 Å². The van der Waals surface area contributed by atoms with Gasteiger partial charge in [-0.15, -0.1) is 0 Å². The molecule has 0 spiro atoms. The molecule has 2 atom stereocenters. The number of carbonyl (C=O) groups is 2. The van der Waals surface area contributed by atoms with Crippen LogP contribution in [0.3, 0.4) is 0 Å². The predicted molar refractivity (Wildman–Crippen MR) is 126 cm³/mol. The normalized spacial score (nSPS) is 20.4. The van der Waals surface area contributed by atoms with E-state index in [-0.39, 0.29) is 24.4 Å². The summed E-state index contributed by atoms with van der Waals surface area (Å²) in [4.78, 5) is 35.6. The number of hydrogen-bond donors (Lipinski definition) is 2. The Balaban J connectivity index is 1.59. The number of aromatic nitrogens is 1. The molecule has 172 valence electrons. The molecular formula is C26H31N4O3+. The number of hydrogen-bond acceptors (Lipinski definition) is 3. The van der Waals surface area contributed by atoms with Crippen molar-refractivity contribution in [3.8, 4) is 5.75 Å². The molecule has 1 saturated heterocycles. The lowest BCUT2D eigenvalue weighted by molar-refractivity contribution is -0.858. The molecule has 1 fully saturated rings. The molecule has 7 heteroatoms. The molecule has 2 N–H and O–H groups in total. The maximum Gasteiger partial charge on any atom is 0.246 e. The van der Waals surface area contributed by atoms with Crippen LogP contribution in [-0.4, -0.2) is 73.5 Å². The maximum absolute atomic E-state index is 13.6. The lowest BCUT2D eigenvalue weighted by Gasteiger charge is -2.47. The zero-order valence-electron chi connectivity index (χ0n) is 19.4. The Morgan fingerprint density at radius 1 is 1.12 bits per heavy atom. The molecule has 33 heavy (non-hydrogen) atoms. The van der Waals surface area contributed by atoms with Crippen molar-refractivity contribution >= 4 is 22.7 Å². The van der Waals surface area contributed by atoms with E-state index in [0.29, 0.717) is 13.0 Å². The van der Waals surface area contributed by atoms with Crippen LogP contribution in [0, 0.1) is 0 Å². The van der Waals surface area contributed by atoms with Crippen molar-refractivity contribution in [2.45, 2.75) is 24.9 Å². The van der Waals surface area contributed by atoms with Crippen molar-refractivity contribution in [2.24, 2.45) is 0 Å². The van der Waals surface area contributed by atoms with Crippen LogP contribution in [0.1, 0.15) is 29.3 Å². The molecule has 3 aromatic rings. The largest absolute Gasteiger partial charge is 0.497 e. The van der Waals surface area contributed by atoms with E-state index in [4.69, 9.17) is 4.74 Å². The monoisotopic (exact) mass is 447 g/mol. The van der Waals surface area contributed by atoms with Gasteiger partial charge in [-0.1, -0.05) is 30.3 Å². The molecule has 1 aromatic heterocycles. The number of amides is 2. The van der Waals surface area contributed by atoms with Crippen molar-refractivity contribution < 1.29 is 19.2 Å². The summed E-state index contributed by atoms with van der Waals surface area (Å²) in [6.07, 6.45) is 1.41. The SMILES string of the molecule is COc1cccc([C@H]2c3[nH]c4ccccc4c3C[C@H]3C(=O)N(CCC[NH+](C)C)CC(=O)N23)c1. The lowest BCUT2D eigenvalue weighted by Crippen LogP contribution is -3.05. The molecule has 5 rings (SSSR count). The van der Waals surface area contributed by atoms with E-state index in [1.165, 1.54) is 4.90 Å². The van der Waals surface area contributed by atoms with Gasteiger partial charge in [0.2, 0.25) is 11.8 Å². The van der Waals surface area contributed by atoms with E-state index in [1.54, 1.807) is 12.0 Å². The van der Waals surface area contributed by atoms with Gasteiger partial charge in [0.1, 0.15) is 11.8 Å². The number of aromatic amines is 1. The first-order valence-electron chi connectivity index (χ1n) is 11.6. The van der Waals surface area contributed by atoms with Gasteiger partial charge in [0, 0.05) is 36.0 Å². The zero-order chi connectivity index (χ0) is 23.1. The molecule has 7 nitrogen and oxygen atoms in total. The Kier molecular flexibility index (Phi) is 5.58. The van der Waals surface area contributed by atoms with Crippen LogP contribution >= 0.6 is 0 Å². The third-order valence-corrected chi connectivity index (χ3v) is 6.86. The smallest absolute Gasteiger partial charge is 0.246 e. The van der Waals surface area contributed by atoms with E-state index >= 15 is 0 Å². The number of para-hydroxylation sites is 1. The summed E-state index contributed by atoms with van der Waals surface area (Å²) in [5.74, 6) is 0.775. The number of nitrogens with zero attached hydrogens (tertiary/aromatic N) is 2. The summed E-state index contributed by atoms with van der Waals surface area (Å²) in [7, 11) is 5.84. The second-order valence-corrected chi connectivity index (χ2v) is 9.33. The van der Waals surface area contributed by atoms with E-state index in [9.17, 15) is 9.59 Å². The highest BCUT2D eigenvalue weighted by atomic mass is 16.5. The summed E-state index contributed by atoms with van der Waals surface area (Å²) in [5, 5.41) is 1.12. The van der Waals surface area contributed by atoms with Crippen molar-refractivity contribution in [3.63, 3.8) is 0 Å². The van der Waals surface area contributed by atoms with Crippen LogP contribution in [0.2, 0.25) is 0 Å². The molecule has 0 bridgehead atoms. The van der Waals surface area contributed by atoms with Crippen LogP contribution in [0.4, 0.5) is 0 Å². The first-order chi connectivity index (χ1) is 16.0. The molecule has 2 aromatic carbocycles. The first-order valence-corrected chi connectivity index (χ1v) is 11.6. The van der Waals surface area contributed by atoms with Gasteiger partial charge in [-0.05, 0) is 29.3 Å². The van der Waals surface area contributed by atoms with Gasteiger partial charge in [-0.2, -0.15) is 0 Å². The van der Waals surface area contributed by atoms with Gasteiger partial charge < -0.3 is 24.4 Å². The quantitative estimate of drug-likeness (QED) is 0.600. The Morgan fingerprint density at radius 2 is 1.94 bits per heavy atom. The van der Waals surface area contributed by atoms with Crippen molar-refractivity contribution in [3.05, 3.63) is 65.4 Å². The lowest BCUT2D eigenvalue weighted by atomic mass is 9.86. The van der Waals surface area contributed by atoms with Crippen LogP contribution < -0.4 is 9.64 Å². The highest BCUT2D eigenvalue weighted by Gasteiger charge is 2.48. The van der Waals surface area contributed by atoms with E-state index in [1.807, 2.05) is 41.3 Å². The number of H-pyrrole nitrogens is 1. The maximum atomic E-state index is 13.6. The van der Waals surface area contributed by atoms with Crippen LogP contribution in [0.25, 0.3) is 10.9 Å². The highest BCUT2D eigenvalue weighted by molar-refractivity contribution is 5.97. The van der Waals surface area contributed by atoms with Crippen LogP contribution in [0.15, 0.2) is 48.5 Å². The topological polar surface area (TPSA) is 70.1 Å². The van der Waals surface area contributed by atoms with Crippen molar-refractivity contribution in [1.29, 1.82) is 0 Å².